The second kappa shape index (κ2) is 4.49. The molecule has 0 amide bonds. The Morgan fingerprint density at radius 3 is 2.29 bits per heavy atom. The van der Waals surface area contributed by atoms with Gasteiger partial charge >= 0.3 is 0 Å². The molecule has 0 bridgehead atoms. The fourth-order valence-corrected chi connectivity index (χ4v) is 1.45. The Balaban J connectivity index is 2.96. The van der Waals surface area contributed by atoms with E-state index in [0.717, 1.165) is 24.2 Å². The van der Waals surface area contributed by atoms with Crippen molar-refractivity contribution in [3.8, 4) is 5.75 Å². The van der Waals surface area contributed by atoms with Gasteiger partial charge in [0.05, 0.1) is 5.69 Å². The minimum Gasteiger partial charge on any atom is -0.504 e. The lowest BCUT2D eigenvalue weighted by molar-refractivity contribution is 0.449. The van der Waals surface area contributed by atoms with Gasteiger partial charge in [-0.3, -0.25) is 5.10 Å². The number of nitrogens with zero attached hydrogens (tertiary/aromatic N) is 1. The third kappa shape index (κ3) is 1.91. The number of aromatic nitrogens is 2. The Morgan fingerprint density at radius 2 is 1.79 bits per heavy atom. The van der Waals surface area contributed by atoms with E-state index in [-0.39, 0.29) is 0 Å². The summed E-state index contributed by atoms with van der Waals surface area (Å²) in [5.41, 5.74) is 1.69. The minimum absolute atomic E-state index is 0.323. The fourth-order valence-electron chi connectivity index (χ4n) is 1.45. The van der Waals surface area contributed by atoms with E-state index < -0.39 is 0 Å². The number of aromatic amines is 1. The third-order valence-corrected chi connectivity index (χ3v) is 2.98. The molecule has 1 aromatic heterocycles. The molecule has 0 fully saturated rings. The van der Waals surface area contributed by atoms with Crippen LogP contribution >= 0.6 is 0 Å². The zero-order valence-electron chi connectivity index (χ0n) is 9.46. The Hall–Kier alpha value is -0.990. The van der Waals surface area contributed by atoms with E-state index >= 15 is 0 Å². The molecular weight excluding hydrogens is 176 g/mol. The van der Waals surface area contributed by atoms with E-state index in [1.54, 1.807) is 0 Å². The van der Waals surface area contributed by atoms with Crippen LogP contribution in [0, 0.1) is 0 Å². The number of hydrogen-bond donors (Lipinski definition) is 2. The van der Waals surface area contributed by atoms with Gasteiger partial charge in [0.2, 0.25) is 0 Å². The van der Waals surface area contributed by atoms with E-state index in [0.29, 0.717) is 17.6 Å². The predicted octanol–water partition coefficient (Wildman–Crippen LogP) is 3.14. The summed E-state index contributed by atoms with van der Waals surface area (Å²) in [6.45, 7) is 8.37. The lowest BCUT2D eigenvalue weighted by Crippen LogP contribution is -1.93. The number of aromatic hydroxyl groups is 1. The van der Waals surface area contributed by atoms with Gasteiger partial charge in [0.15, 0.2) is 5.75 Å². The first kappa shape index (κ1) is 11.1. The second-order valence-corrected chi connectivity index (χ2v) is 3.99. The largest absolute Gasteiger partial charge is 0.504 e. The molecule has 3 heteroatoms. The highest BCUT2D eigenvalue weighted by Gasteiger charge is 2.19. The summed E-state index contributed by atoms with van der Waals surface area (Å²) in [7, 11) is 0. The summed E-state index contributed by atoms with van der Waals surface area (Å²) in [6.07, 6.45) is 2.01. The highest BCUT2D eigenvalue weighted by Crippen LogP contribution is 2.33. The van der Waals surface area contributed by atoms with Crippen LogP contribution in [0.5, 0.6) is 5.75 Å². The molecule has 0 saturated heterocycles. The first-order valence-electron chi connectivity index (χ1n) is 5.38. The molecule has 2 N–H and O–H groups in total. The molecule has 0 radical (unpaired) electrons. The second-order valence-electron chi connectivity index (χ2n) is 3.99. The van der Waals surface area contributed by atoms with Crippen molar-refractivity contribution in [2.24, 2.45) is 0 Å². The van der Waals surface area contributed by atoms with Crippen molar-refractivity contribution < 1.29 is 5.11 Å². The van der Waals surface area contributed by atoms with Gasteiger partial charge in [0.25, 0.3) is 0 Å². The Bertz CT molecular complexity index is 266. The van der Waals surface area contributed by atoms with Crippen molar-refractivity contribution in [2.75, 3.05) is 0 Å². The molecule has 1 aromatic rings. The highest BCUT2D eigenvalue weighted by atomic mass is 16.3. The molecule has 0 saturated carbocycles. The van der Waals surface area contributed by atoms with E-state index in [1.165, 1.54) is 0 Å². The molecule has 14 heavy (non-hydrogen) atoms. The average molecular weight is 196 g/mol. The van der Waals surface area contributed by atoms with Crippen LogP contribution in [0.15, 0.2) is 0 Å². The summed E-state index contributed by atoms with van der Waals surface area (Å²) >= 11 is 0. The lowest BCUT2D eigenvalue weighted by Gasteiger charge is -2.07. The normalized spacial score (nSPS) is 15.4. The number of hydrogen-bond acceptors (Lipinski definition) is 2. The molecular formula is C11H20N2O. The van der Waals surface area contributed by atoms with Crippen molar-refractivity contribution in [2.45, 2.75) is 52.4 Å². The molecule has 0 aliphatic rings. The van der Waals surface area contributed by atoms with Crippen LogP contribution in [-0.4, -0.2) is 15.3 Å². The maximum Gasteiger partial charge on any atom is 0.160 e. The van der Waals surface area contributed by atoms with Crippen molar-refractivity contribution in [3.05, 3.63) is 11.4 Å². The van der Waals surface area contributed by atoms with Crippen molar-refractivity contribution in [1.82, 2.24) is 10.2 Å². The Labute approximate surface area is 85.5 Å². The first-order valence-corrected chi connectivity index (χ1v) is 5.38. The molecule has 0 spiro atoms. The summed E-state index contributed by atoms with van der Waals surface area (Å²) in [5.74, 6) is 1.04. The number of rotatable bonds is 4. The smallest absolute Gasteiger partial charge is 0.160 e. The van der Waals surface area contributed by atoms with E-state index in [4.69, 9.17) is 0 Å². The lowest BCUT2D eigenvalue weighted by atomic mass is 10.00. The first-order chi connectivity index (χ1) is 6.61. The summed E-state index contributed by atoms with van der Waals surface area (Å²) in [4.78, 5) is 0. The Morgan fingerprint density at radius 1 is 1.21 bits per heavy atom. The van der Waals surface area contributed by atoms with Crippen LogP contribution in [0.1, 0.15) is 63.8 Å². The van der Waals surface area contributed by atoms with Gasteiger partial charge in [0.1, 0.15) is 5.69 Å². The van der Waals surface area contributed by atoms with Crippen LogP contribution in [0.25, 0.3) is 0 Å². The zero-order valence-corrected chi connectivity index (χ0v) is 9.46. The van der Waals surface area contributed by atoms with E-state index in [9.17, 15) is 5.11 Å². The summed E-state index contributed by atoms with van der Waals surface area (Å²) in [6, 6.07) is 0. The summed E-state index contributed by atoms with van der Waals surface area (Å²) < 4.78 is 0. The average Bonchev–Trinajstić information content (AvgIpc) is 2.58. The van der Waals surface area contributed by atoms with E-state index in [1.807, 2.05) is 0 Å². The Kier molecular flexibility index (Phi) is 3.55. The van der Waals surface area contributed by atoms with Crippen molar-refractivity contribution in [3.63, 3.8) is 0 Å². The fraction of sp³-hybridized carbons (Fsp3) is 0.727. The van der Waals surface area contributed by atoms with Gasteiger partial charge in [-0.1, -0.05) is 27.7 Å². The van der Waals surface area contributed by atoms with Crippen LogP contribution in [0.2, 0.25) is 0 Å². The maximum atomic E-state index is 9.94. The third-order valence-electron chi connectivity index (χ3n) is 2.98. The van der Waals surface area contributed by atoms with Gasteiger partial charge in [-0.15, -0.1) is 0 Å². The quantitative estimate of drug-likeness (QED) is 0.777. The van der Waals surface area contributed by atoms with Crippen molar-refractivity contribution in [1.29, 1.82) is 0 Å². The van der Waals surface area contributed by atoms with Gasteiger partial charge in [-0.05, 0) is 12.8 Å². The molecule has 0 aliphatic heterocycles. The summed E-state index contributed by atoms with van der Waals surface area (Å²) in [5, 5.41) is 17.1. The topological polar surface area (TPSA) is 48.9 Å². The van der Waals surface area contributed by atoms with Gasteiger partial charge in [-0.25, -0.2) is 0 Å². The molecule has 0 aromatic carbocycles. The molecule has 1 heterocycles. The minimum atomic E-state index is 0.323. The van der Waals surface area contributed by atoms with Crippen LogP contribution in [0.3, 0.4) is 0 Å². The predicted molar refractivity (Wildman–Crippen MR) is 57.7 cm³/mol. The van der Waals surface area contributed by atoms with Gasteiger partial charge in [0, 0.05) is 11.8 Å². The number of H-pyrrole nitrogens is 1. The molecule has 0 aliphatic carbocycles. The van der Waals surface area contributed by atoms with Gasteiger partial charge < -0.3 is 5.11 Å². The molecule has 3 nitrogen and oxygen atoms in total. The van der Waals surface area contributed by atoms with Crippen molar-refractivity contribution >= 4 is 0 Å². The van der Waals surface area contributed by atoms with Crippen LogP contribution < -0.4 is 0 Å². The molecule has 80 valence electrons. The SMILES string of the molecule is CCC(C)c1n[nH]c(C(C)CC)c1O. The molecule has 1 rings (SSSR count). The standard InChI is InChI=1S/C11H20N2O/c1-5-7(3)9-11(14)10(13-12-9)8(4)6-2/h7-8,14H,5-6H2,1-4H3,(H,12,13). The molecule has 2 unspecified atom stereocenters. The maximum absolute atomic E-state index is 9.94. The van der Waals surface area contributed by atoms with Crippen LogP contribution in [0.4, 0.5) is 0 Å². The van der Waals surface area contributed by atoms with E-state index in [2.05, 4.69) is 37.9 Å². The van der Waals surface area contributed by atoms with Crippen LogP contribution in [-0.2, 0) is 0 Å². The van der Waals surface area contributed by atoms with Gasteiger partial charge in [-0.2, -0.15) is 5.10 Å². The monoisotopic (exact) mass is 196 g/mol. The number of nitrogens with one attached hydrogen (secondary N) is 1. The highest BCUT2D eigenvalue weighted by molar-refractivity contribution is 5.35. The zero-order chi connectivity index (χ0) is 10.7. The molecule has 2 atom stereocenters.